The lowest BCUT2D eigenvalue weighted by atomic mass is 9.93. The van der Waals surface area contributed by atoms with Gasteiger partial charge >= 0.3 is 0 Å². The zero-order chi connectivity index (χ0) is 20.7. The van der Waals surface area contributed by atoms with Crippen molar-refractivity contribution in [1.29, 1.82) is 0 Å². The maximum Gasteiger partial charge on any atom is 0.170 e. The van der Waals surface area contributed by atoms with Crippen LogP contribution in [0.15, 0.2) is 36.4 Å². The van der Waals surface area contributed by atoms with Crippen LogP contribution in [0.2, 0.25) is 0 Å². The molecule has 4 nitrogen and oxygen atoms in total. The molecule has 5 heteroatoms. The van der Waals surface area contributed by atoms with E-state index in [1.54, 1.807) is 14.2 Å². The van der Waals surface area contributed by atoms with Crippen molar-refractivity contribution in [3.05, 3.63) is 53.1 Å². The summed E-state index contributed by atoms with van der Waals surface area (Å²) in [6, 6.07) is 12.4. The first kappa shape index (κ1) is 22.0. The van der Waals surface area contributed by atoms with Gasteiger partial charge in [0.05, 0.1) is 14.2 Å². The topological polar surface area (TPSA) is 42.5 Å². The highest BCUT2D eigenvalue weighted by molar-refractivity contribution is 7.80. The van der Waals surface area contributed by atoms with Gasteiger partial charge in [0.1, 0.15) is 0 Å². The molecule has 0 atom stereocenters. The number of ether oxygens (including phenoxy) is 2. The van der Waals surface area contributed by atoms with Crippen LogP contribution in [0.25, 0.3) is 0 Å². The lowest BCUT2D eigenvalue weighted by Gasteiger charge is -2.21. The minimum atomic E-state index is 0.427. The average molecular weight is 401 g/mol. The lowest BCUT2D eigenvalue weighted by molar-refractivity contribution is 0.354. The van der Waals surface area contributed by atoms with Gasteiger partial charge < -0.3 is 20.1 Å². The van der Waals surface area contributed by atoms with Crippen molar-refractivity contribution in [2.45, 2.75) is 46.0 Å². The smallest absolute Gasteiger partial charge is 0.170 e. The van der Waals surface area contributed by atoms with E-state index in [-0.39, 0.29) is 0 Å². The molecule has 2 N–H and O–H groups in total. The summed E-state index contributed by atoms with van der Waals surface area (Å²) in [4.78, 5) is 0. The molecule has 0 amide bonds. The van der Waals surface area contributed by atoms with Crippen molar-refractivity contribution >= 4 is 23.0 Å². The largest absolute Gasteiger partial charge is 0.493 e. The van der Waals surface area contributed by atoms with E-state index in [4.69, 9.17) is 21.7 Å². The predicted octanol–water partition coefficient (Wildman–Crippen LogP) is 5.48. The van der Waals surface area contributed by atoms with E-state index in [1.807, 2.05) is 18.2 Å². The number of rotatable bonds is 8. The first-order chi connectivity index (χ1) is 13.4. The number of hydrogen-bond donors (Lipinski definition) is 2. The number of methoxy groups -OCH3 is 2. The van der Waals surface area contributed by atoms with Gasteiger partial charge in [-0.15, -0.1) is 0 Å². The number of nitrogens with one attached hydrogen (secondary N) is 2. The second-order valence-corrected chi connectivity index (χ2v) is 7.85. The van der Waals surface area contributed by atoms with E-state index in [0.717, 1.165) is 30.2 Å². The lowest BCUT2D eigenvalue weighted by Crippen LogP contribution is -2.31. The molecule has 0 aliphatic rings. The molecule has 0 bridgehead atoms. The molecule has 0 heterocycles. The molecule has 0 aliphatic carbocycles. The zero-order valence-corrected chi connectivity index (χ0v) is 18.6. The Morgan fingerprint density at radius 2 is 1.54 bits per heavy atom. The van der Waals surface area contributed by atoms with Crippen LogP contribution < -0.4 is 20.1 Å². The van der Waals surface area contributed by atoms with Crippen molar-refractivity contribution in [3.8, 4) is 11.5 Å². The molecule has 0 spiro atoms. The molecule has 0 fully saturated rings. The van der Waals surface area contributed by atoms with Crippen LogP contribution >= 0.6 is 12.2 Å². The van der Waals surface area contributed by atoms with E-state index < -0.39 is 0 Å². The fourth-order valence-electron chi connectivity index (χ4n) is 3.21. The summed E-state index contributed by atoms with van der Waals surface area (Å²) in [5, 5.41) is 7.42. The summed E-state index contributed by atoms with van der Waals surface area (Å²) in [7, 11) is 3.29. The van der Waals surface area contributed by atoms with Crippen LogP contribution in [0.1, 0.15) is 56.2 Å². The number of para-hydroxylation sites is 1. The normalized spacial score (nSPS) is 10.9. The van der Waals surface area contributed by atoms with Gasteiger partial charge in [0, 0.05) is 12.2 Å². The summed E-state index contributed by atoms with van der Waals surface area (Å²) in [5.41, 5.74) is 4.87. The average Bonchev–Trinajstić information content (AvgIpc) is 2.67. The van der Waals surface area contributed by atoms with Crippen molar-refractivity contribution in [1.82, 2.24) is 5.32 Å². The van der Waals surface area contributed by atoms with Crippen molar-refractivity contribution in [2.75, 3.05) is 26.1 Å². The first-order valence-electron chi connectivity index (χ1n) is 9.75. The monoisotopic (exact) mass is 400 g/mol. The molecule has 28 heavy (non-hydrogen) atoms. The third kappa shape index (κ3) is 5.61. The quantitative estimate of drug-likeness (QED) is 0.574. The molecular weight excluding hydrogens is 368 g/mol. The second-order valence-electron chi connectivity index (χ2n) is 7.44. The van der Waals surface area contributed by atoms with Gasteiger partial charge in [-0.2, -0.15) is 0 Å². The standard InChI is InChI=1S/C23H32N2O2S/c1-15(2)18-8-7-9-19(16(3)4)22(18)25-23(28)24-13-12-17-10-11-20(26-5)21(14-17)27-6/h7-11,14-16H,12-13H2,1-6H3,(H2,24,25,28). The highest BCUT2D eigenvalue weighted by Gasteiger charge is 2.14. The van der Waals surface area contributed by atoms with Gasteiger partial charge in [0.15, 0.2) is 16.6 Å². The van der Waals surface area contributed by atoms with Crippen LogP contribution in [0, 0.1) is 0 Å². The number of thiocarbonyl (C=S) groups is 1. The Labute approximate surface area is 174 Å². The number of hydrogen-bond acceptors (Lipinski definition) is 3. The third-order valence-corrected chi connectivity index (χ3v) is 5.01. The maximum absolute atomic E-state index is 5.57. The first-order valence-corrected chi connectivity index (χ1v) is 10.2. The minimum absolute atomic E-state index is 0.427. The van der Waals surface area contributed by atoms with Crippen molar-refractivity contribution in [3.63, 3.8) is 0 Å². The highest BCUT2D eigenvalue weighted by atomic mass is 32.1. The maximum atomic E-state index is 5.57. The van der Waals surface area contributed by atoms with Gasteiger partial charge in [-0.05, 0) is 59.3 Å². The van der Waals surface area contributed by atoms with Crippen LogP contribution in [0.3, 0.4) is 0 Å². The minimum Gasteiger partial charge on any atom is -0.493 e. The number of benzene rings is 2. The SMILES string of the molecule is COc1ccc(CCNC(=S)Nc2c(C(C)C)cccc2C(C)C)cc1OC. The summed E-state index contributed by atoms with van der Waals surface area (Å²) in [5.74, 6) is 2.34. The van der Waals surface area contributed by atoms with Crippen molar-refractivity contribution < 1.29 is 9.47 Å². The fourth-order valence-corrected chi connectivity index (χ4v) is 3.41. The Kier molecular flexibility index (Phi) is 8.12. The fraction of sp³-hybridized carbons (Fsp3) is 0.435. The molecular formula is C23H32N2O2S. The number of anilines is 1. The summed E-state index contributed by atoms with van der Waals surface area (Å²) in [6.07, 6.45) is 0.838. The van der Waals surface area contributed by atoms with Gasteiger partial charge in [0.2, 0.25) is 0 Å². The van der Waals surface area contributed by atoms with Gasteiger partial charge in [-0.1, -0.05) is 52.0 Å². The van der Waals surface area contributed by atoms with Crippen molar-refractivity contribution in [2.24, 2.45) is 0 Å². The zero-order valence-electron chi connectivity index (χ0n) is 17.8. The molecule has 152 valence electrons. The molecule has 0 radical (unpaired) electrons. The third-order valence-electron chi connectivity index (χ3n) is 4.76. The Balaban J connectivity index is 2.02. The van der Waals surface area contributed by atoms with Gasteiger partial charge in [-0.25, -0.2) is 0 Å². The Hall–Kier alpha value is -2.27. The molecule has 0 saturated carbocycles. The molecule has 2 aromatic rings. The van der Waals surface area contributed by atoms with Crippen LogP contribution in [0.5, 0.6) is 11.5 Å². The van der Waals surface area contributed by atoms with E-state index in [9.17, 15) is 0 Å². The van der Waals surface area contributed by atoms with Crippen LogP contribution in [-0.4, -0.2) is 25.9 Å². The Morgan fingerprint density at radius 1 is 0.929 bits per heavy atom. The molecule has 2 aromatic carbocycles. The predicted molar refractivity (Wildman–Crippen MR) is 122 cm³/mol. The Morgan fingerprint density at radius 3 is 2.07 bits per heavy atom. The van der Waals surface area contributed by atoms with Gasteiger partial charge in [-0.3, -0.25) is 0 Å². The highest BCUT2D eigenvalue weighted by Crippen LogP contribution is 2.32. The summed E-state index contributed by atoms with van der Waals surface area (Å²) in [6.45, 7) is 9.56. The van der Waals surface area contributed by atoms with Crippen LogP contribution in [0.4, 0.5) is 5.69 Å². The summed E-state index contributed by atoms with van der Waals surface area (Å²) >= 11 is 5.57. The van der Waals surface area contributed by atoms with Crippen LogP contribution in [-0.2, 0) is 6.42 Å². The Bertz CT molecular complexity index is 777. The summed E-state index contributed by atoms with van der Waals surface area (Å²) < 4.78 is 10.7. The molecule has 2 rings (SSSR count). The molecule has 0 aliphatic heterocycles. The molecule has 0 unspecified atom stereocenters. The second kappa shape index (κ2) is 10.3. The molecule has 0 saturated heterocycles. The molecule has 0 aromatic heterocycles. The van der Waals surface area contributed by atoms with Gasteiger partial charge in [0.25, 0.3) is 0 Å². The van der Waals surface area contributed by atoms with E-state index >= 15 is 0 Å². The van der Waals surface area contributed by atoms with E-state index in [2.05, 4.69) is 56.5 Å². The van der Waals surface area contributed by atoms with E-state index in [0.29, 0.717) is 16.9 Å². The van der Waals surface area contributed by atoms with E-state index in [1.165, 1.54) is 16.7 Å².